The minimum absolute atomic E-state index is 0.199. The standard InChI is InChI=1S/C16H24O6/c17-11-6-2-3-7-12(18)15(19)21-14(11)13-10-20-16(22-13)8-4-1-5-9-16/h2-3,11-14,17-18H,1,4-10H2/b3-2-/t11-,12+,13-,14-/m0/s1. The number of carbonyl (C=O) groups excluding carboxylic acids is 1. The third-order valence-electron chi connectivity index (χ3n) is 4.67. The van der Waals surface area contributed by atoms with Crippen molar-refractivity contribution < 1.29 is 29.2 Å². The monoisotopic (exact) mass is 312 g/mol. The maximum Gasteiger partial charge on any atom is 0.335 e. The van der Waals surface area contributed by atoms with Gasteiger partial charge in [0.1, 0.15) is 6.10 Å². The van der Waals surface area contributed by atoms with Gasteiger partial charge in [-0.2, -0.15) is 0 Å². The van der Waals surface area contributed by atoms with Gasteiger partial charge in [0.15, 0.2) is 18.0 Å². The van der Waals surface area contributed by atoms with Gasteiger partial charge in [0.05, 0.1) is 12.7 Å². The Kier molecular flexibility index (Phi) is 4.82. The van der Waals surface area contributed by atoms with Gasteiger partial charge in [-0.1, -0.05) is 18.6 Å². The molecule has 0 aromatic heterocycles. The lowest BCUT2D eigenvalue weighted by Gasteiger charge is -2.33. The maximum atomic E-state index is 11.9. The van der Waals surface area contributed by atoms with E-state index < -0.39 is 36.2 Å². The van der Waals surface area contributed by atoms with Crippen LogP contribution in [0.5, 0.6) is 0 Å². The minimum Gasteiger partial charge on any atom is -0.455 e. The molecule has 0 aromatic rings. The van der Waals surface area contributed by atoms with Crippen LogP contribution in [0.4, 0.5) is 0 Å². The number of ether oxygens (including phenoxy) is 3. The first kappa shape index (κ1) is 15.9. The first-order valence-corrected chi connectivity index (χ1v) is 8.13. The van der Waals surface area contributed by atoms with E-state index in [1.165, 1.54) is 6.42 Å². The van der Waals surface area contributed by atoms with Gasteiger partial charge in [-0.3, -0.25) is 0 Å². The Hall–Kier alpha value is -0.950. The lowest BCUT2D eigenvalue weighted by atomic mass is 9.94. The highest BCUT2D eigenvalue weighted by Gasteiger charge is 2.47. The van der Waals surface area contributed by atoms with E-state index in [0.29, 0.717) is 13.0 Å². The van der Waals surface area contributed by atoms with Crippen molar-refractivity contribution in [1.29, 1.82) is 0 Å². The van der Waals surface area contributed by atoms with Gasteiger partial charge < -0.3 is 24.4 Å². The zero-order valence-electron chi connectivity index (χ0n) is 12.6. The molecule has 2 fully saturated rings. The molecule has 4 atom stereocenters. The summed E-state index contributed by atoms with van der Waals surface area (Å²) in [6.45, 7) is 0.300. The number of hydrogen-bond acceptors (Lipinski definition) is 6. The number of esters is 1. The van der Waals surface area contributed by atoms with Gasteiger partial charge in [0.25, 0.3) is 0 Å². The van der Waals surface area contributed by atoms with Gasteiger partial charge in [-0.25, -0.2) is 4.79 Å². The van der Waals surface area contributed by atoms with E-state index in [4.69, 9.17) is 14.2 Å². The normalized spacial score (nSPS) is 40.5. The van der Waals surface area contributed by atoms with Crippen LogP contribution in [0.1, 0.15) is 44.9 Å². The molecule has 0 radical (unpaired) electrons. The Morgan fingerprint density at radius 3 is 2.59 bits per heavy atom. The maximum absolute atomic E-state index is 11.9. The summed E-state index contributed by atoms with van der Waals surface area (Å²) in [4.78, 5) is 11.9. The van der Waals surface area contributed by atoms with Crippen LogP contribution in [-0.2, 0) is 19.0 Å². The molecule has 0 aromatic carbocycles. The zero-order valence-corrected chi connectivity index (χ0v) is 12.6. The Morgan fingerprint density at radius 1 is 1.09 bits per heavy atom. The number of rotatable bonds is 1. The van der Waals surface area contributed by atoms with Crippen LogP contribution in [0.15, 0.2) is 12.2 Å². The van der Waals surface area contributed by atoms with Crippen molar-refractivity contribution >= 4 is 5.97 Å². The summed E-state index contributed by atoms with van der Waals surface area (Å²) in [5.41, 5.74) is 0. The molecule has 0 amide bonds. The molecule has 1 spiro atoms. The SMILES string of the molecule is O=C1O[C@H]([C@@H]2COC3(CCCCC3)O2)[C@@H](O)C/C=C\C[C@H]1O. The smallest absolute Gasteiger partial charge is 0.335 e. The largest absolute Gasteiger partial charge is 0.455 e. The fourth-order valence-corrected chi connectivity index (χ4v) is 3.40. The summed E-state index contributed by atoms with van der Waals surface area (Å²) < 4.78 is 17.2. The molecule has 1 saturated carbocycles. The molecular weight excluding hydrogens is 288 g/mol. The average Bonchev–Trinajstić information content (AvgIpc) is 2.93. The summed E-state index contributed by atoms with van der Waals surface area (Å²) in [5.74, 6) is -1.30. The zero-order chi connectivity index (χ0) is 15.6. The third kappa shape index (κ3) is 3.35. The van der Waals surface area contributed by atoms with Crippen LogP contribution >= 0.6 is 0 Å². The highest BCUT2D eigenvalue weighted by molar-refractivity contribution is 5.74. The predicted octanol–water partition coefficient (Wildman–Crippen LogP) is 1.05. The van der Waals surface area contributed by atoms with E-state index in [1.807, 2.05) is 0 Å². The Labute approximate surface area is 130 Å². The van der Waals surface area contributed by atoms with Crippen LogP contribution in [0, 0.1) is 0 Å². The number of hydrogen-bond donors (Lipinski definition) is 2. The molecule has 1 saturated heterocycles. The van der Waals surface area contributed by atoms with Crippen LogP contribution in [-0.4, -0.2) is 53.0 Å². The highest BCUT2D eigenvalue weighted by Crippen LogP contribution is 2.39. The molecule has 0 bridgehead atoms. The van der Waals surface area contributed by atoms with Crippen molar-refractivity contribution in [3.63, 3.8) is 0 Å². The average molecular weight is 312 g/mol. The van der Waals surface area contributed by atoms with Crippen LogP contribution < -0.4 is 0 Å². The van der Waals surface area contributed by atoms with Crippen LogP contribution in [0.25, 0.3) is 0 Å². The van der Waals surface area contributed by atoms with Crippen LogP contribution in [0.2, 0.25) is 0 Å². The van der Waals surface area contributed by atoms with Crippen molar-refractivity contribution in [2.45, 2.75) is 75.1 Å². The Morgan fingerprint density at radius 2 is 1.82 bits per heavy atom. The van der Waals surface area contributed by atoms with Gasteiger partial charge in [0, 0.05) is 19.3 Å². The van der Waals surface area contributed by atoms with E-state index >= 15 is 0 Å². The molecule has 6 nitrogen and oxygen atoms in total. The molecule has 3 rings (SSSR count). The molecule has 124 valence electrons. The van der Waals surface area contributed by atoms with E-state index in [1.54, 1.807) is 12.2 Å². The summed E-state index contributed by atoms with van der Waals surface area (Å²) in [5, 5.41) is 20.0. The van der Waals surface area contributed by atoms with Crippen molar-refractivity contribution in [2.75, 3.05) is 6.61 Å². The van der Waals surface area contributed by atoms with E-state index in [2.05, 4.69) is 0 Å². The van der Waals surface area contributed by atoms with E-state index in [9.17, 15) is 15.0 Å². The van der Waals surface area contributed by atoms with Gasteiger partial charge in [-0.15, -0.1) is 0 Å². The summed E-state index contributed by atoms with van der Waals surface area (Å²) in [7, 11) is 0. The number of aliphatic hydroxyl groups is 2. The Bertz CT molecular complexity index is 428. The summed E-state index contributed by atoms with van der Waals surface area (Å²) in [6.07, 6.45) is 5.60. The molecule has 1 aliphatic carbocycles. The van der Waals surface area contributed by atoms with Crippen LogP contribution in [0.3, 0.4) is 0 Å². The fraction of sp³-hybridized carbons (Fsp3) is 0.812. The topological polar surface area (TPSA) is 85.2 Å². The lowest BCUT2D eigenvalue weighted by Crippen LogP contribution is -2.45. The second-order valence-electron chi connectivity index (χ2n) is 6.37. The van der Waals surface area contributed by atoms with Gasteiger partial charge in [-0.05, 0) is 19.3 Å². The molecule has 0 unspecified atom stereocenters. The van der Waals surface area contributed by atoms with Crippen molar-refractivity contribution in [2.24, 2.45) is 0 Å². The molecular formula is C16H24O6. The van der Waals surface area contributed by atoms with Crippen molar-refractivity contribution in [3.05, 3.63) is 12.2 Å². The number of aliphatic hydroxyl groups excluding tert-OH is 2. The number of cyclic esters (lactones) is 1. The van der Waals surface area contributed by atoms with Crippen molar-refractivity contribution in [3.8, 4) is 0 Å². The third-order valence-corrected chi connectivity index (χ3v) is 4.67. The molecule has 2 aliphatic heterocycles. The molecule has 3 aliphatic rings. The second-order valence-corrected chi connectivity index (χ2v) is 6.37. The van der Waals surface area contributed by atoms with Gasteiger partial charge in [0.2, 0.25) is 0 Å². The highest BCUT2D eigenvalue weighted by atomic mass is 16.8. The summed E-state index contributed by atoms with van der Waals surface area (Å²) in [6, 6.07) is 0. The molecule has 2 heterocycles. The van der Waals surface area contributed by atoms with E-state index in [0.717, 1.165) is 25.7 Å². The molecule has 6 heteroatoms. The first-order chi connectivity index (χ1) is 10.6. The summed E-state index contributed by atoms with van der Waals surface area (Å²) >= 11 is 0. The minimum atomic E-state index is -1.20. The van der Waals surface area contributed by atoms with Gasteiger partial charge >= 0.3 is 5.97 Å². The quantitative estimate of drug-likeness (QED) is 0.556. The molecule has 22 heavy (non-hydrogen) atoms. The fourth-order valence-electron chi connectivity index (χ4n) is 3.40. The van der Waals surface area contributed by atoms with E-state index in [-0.39, 0.29) is 6.42 Å². The first-order valence-electron chi connectivity index (χ1n) is 8.13. The lowest BCUT2D eigenvalue weighted by molar-refractivity contribution is -0.209. The number of carbonyl (C=O) groups is 1. The second kappa shape index (κ2) is 6.66. The molecule has 2 N–H and O–H groups in total. The predicted molar refractivity (Wildman–Crippen MR) is 76.9 cm³/mol. The van der Waals surface area contributed by atoms with Crippen molar-refractivity contribution in [1.82, 2.24) is 0 Å². The Balaban J connectivity index is 1.71.